The van der Waals surface area contributed by atoms with Crippen LogP contribution in [-0.2, 0) is 4.79 Å². The number of rotatable bonds is 6. The predicted octanol–water partition coefficient (Wildman–Crippen LogP) is 5.16. The van der Waals surface area contributed by atoms with Gasteiger partial charge in [-0.25, -0.2) is 0 Å². The first-order valence-electron chi connectivity index (χ1n) is 7.36. The van der Waals surface area contributed by atoms with Crippen LogP contribution >= 0.6 is 20.8 Å². The number of carbonyl (C=O) groups excluding carboxylic acids is 1. The van der Waals surface area contributed by atoms with Crippen LogP contribution in [0.25, 0.3) is 0 Å². The van der Waals surface area contributed by atoms with Crippen molar-refractivity contribution in [2.75, 3.05) is 30.0 Å². The Morgan fingerprint density at radius 2 is 1.55 bits per heavy atom. The number of carbonyl (C=O) groups is 1. The molecular formula is C16H27BrNOP. The van der Waals surface area contributed by atoms with Gasteiger partial charge in [0.1, 0.15) is 0 Å². The van der Waals surface area contributed by atoms with E-state index >= 15 is 0 Å². The van der Waals surface area contributed by atoms with Gasteiger partial charge in [-0.05, 0) is 0 Å². The second-order valence-corrected chi connectivity index (χ2v) is 17.6. The summed E-state index contributed by atoms with van der Waals surface area (Å²) in [6, 6.07) is 6.10. The van der Waals surface area contributed by atoms with Crippen molar-refractivity contribution in [1.82, 2.24) is 0 Å². The zero-order chi connectivity index (χ0) is 15.4. The van der Waals surface area contributed by atoms with Crippen LogP contribution in [0.1, 0.15) is 31.9 Å². The van der Waals surface area contributed by atoms with Crippen LogP contribution in [0.2, 0.25) is 0 Å². The van der Waals surface area contributed by atoms with Gasteiger partial charge in [-0.1, -0.05) is 0 Å². The fraction of sp³-hybridized carbons (Fsp3) is 0.562. The van der Waals surface area contributed by atoms with Crippen molar-refractivity contribution in [2.45, 2.75) is 34.6 Å². The Morgan fingerprint density at radius 1 is 1.10 bits per heavy atom. The average molecular weight is 360 g/mol. The summed E-state index contributed by atoms with van der Waals surface area (Å²) in [5.74, 6) is 0.141. The summed E-state index contributed by atoms with van der Waals surface area (Å²) in [6.07, 6.45) is 3.83. The number of nitrogens with one attached hydrogen (secondary N) is 1. The molecule has 0 fully saturated rings. The predicted molar refractivity (Wildman–Crippen MR) is 96.9 cm³/mol. The van der Waals surface area contributed by atoms with Crippen molar-refractivity contribution >= 4 is 32.4 Å². The minimum absolute atomic E-state index is 0.141. The molecule has 0 bridgehead atoms. The van der Waals surface area contributed by atoms with E-state index < -0.39 is 5.31 Å². The van der Waals surface area contributed by atoms with Gasteiger partial charge in [0.2, 0.25) is 0 Å². The van der Waals surface area contributed by atoms with Crippen LogP contribution in [0.15, 0.2) is 18.2 Å². The van der Waals surface area contributed by atoms with Crippen molar-refractivity contribution in [2.24, 2.45) is 0 Å². The van der Waals surface area contributed by atoms with E-state index in [1.807, 2.05) is 32.0 Å². The third-order valence-corrected chi connectivity index (χ3v) is 15.7. The van der Waals surface area contributed by atoms with Gasteiger partial charge in [0.15, 0.2) is 0 Å². The number of aryl methyl sites for hydroxylation is 2. The van der Waals surface area contributed by atoms with Crippen molar-refractivity contribution in [3.05, 3.63) is 29.3 Å². The van der Waals surface area contributed by atoms with E-state index in [1.165, 1.54) is 0 Å². The molecule has 0 aliphatic rings. The molecule has 0 atom stereocenters. The molecule has 1 aromatic carbocycles. The molecule has 2 nitrogen and oxygen atoms in total. The fourth-order valence-corrected chi connectivity index (χ4v) is 6.05. The Labute approximate surface area is 131 Å². The topological polar surface area (TPSA) is 29.1 Å². The molecule has 0 aliphatic carbocycles. The number of halogens is 1. The van der Waals surface area contributed by atoms with E-state index in [0.717, 1.165) is 35.3 Å². The van der Waals surface area contributed by atoms with Crippen molar-refractivity contribution in [1.29, 1.82) is 0 Å². The van der Waals surface area contributed by atoms with Gasteiger partial charge in [0.25, 0.3) is 0 Å². The number of hydrogen-bond acceptors (Lipinski definition) is 1. The van der Waals surface area contributed by atoms with Crippen molar-refractivity contribution in [3.8, 4) is 0 Å². The Bertz CT molecular complexity index is 466. The molecule has 20 heavy (non-hydrogen) atoms. The third kappa shape index (κ3) is 3.83. The van der Waals surface area contributed by atoms with E-state index in [4.69, 9.17) is 0 Å². The molecule has 4 heteroatoms. The number of amides is 1. The molecule has 0 radical (unpaired) electrons. The van der Waals surface area contributed by atoms with Gasteiger partial charge in [-0.3, -0.25) is 0 Å². The van der Waals surface area contributed by atoms with Crippen LogP contribution in [-0.4, -0.2) is 30.6 Å². The molecule has 1 amide bonds. The standard InChI is InChI=1S/C16H27BrNOP/c1-6-20(17,7-2,8-3)12-15(19)18-16-13(4)10-9-11-14(16)5/h9-11H,6-8,12H2,1-5H3,(H,18,19). The molecule has 0 saturated carbocycles. The maximum atomic E-state index is 12.5. The molecule has 0 unspecified atom stereocenters. The normalized spacial score (nSPS) is 13.6. The summed E-state index contributed by atoms with van der Waals surface area (Å²) in [4.78, 5) is 12.5. The number of anilines is 1. The summed E-state index contributed by atoms with van der Waals surface area (Å²) in [5, 5.41) is 1.08. The first-order chi connectivity index (χ1) is 9.27. The Hall–Kier alpha value is -0.400. The molecule has 1 rings (SSSR count). The summed E-state index contributed by atoms with van der Waals surface area (Å²) in [5.41, 5.74) is 3.22. The van der Waals surface area contributed by atoms with Gasteiger partial charge in [0, 0.05) is 0 Å². The maximum absolute atomic E-state index is 12.5. The summed E-state index contributed by atoms with van der Waals surface area (Å²) in [6.45, 7) is 10.7. The Kier molecular flexibility index (Phi) is 5.80. The van der Waals surface area contributed by atoms with Gasteiger partial charge >= 0.3 is 131 Å². The Balaban J connectivity index is 2.93. The molecule has 1 aromatic rings. The minimum atomic E-state index is -2.05. The second-order valence-electron chi connectivity index (χ2n) is 5.74. The van der Waals surface area contributed by atoms with Crippen LogP contribution in [0, 0.1) is 13.8 Å². The number of benzene rings is 1. The monoisotopic (exact) mass is 359 g/mol. The molecule has 0 aromatic heterocycles. The van der Waals surface area contributed by atoms with E-state index in [-0.39, 0.29) is 5.91 Å². The zero-order valence-electron chi connectivity index (χ0n) is 13.3. The second kappa shape index (κ2) is 6.58. The SMILES string of the molecule is CCP(Br)(CC)(CC)CC(=O)Nc1c(C)cccc1C. The summed E-state index contributed by atoms with van der Waals surface area (Å²) in [7, 11) is 0. The van der Waals surface area contributed by atoms with Gasteiger partial charge in [0.05, 0.1) is 0 Å². The van der Waals surface area contributed by atoms with Crippen LogP contribution < -0.4 is 5.32 Å². The van der Waals surface area contributed by atoms with E-state index in [9.17, 15) is 4.79 Å². The van der Waals surface area contributed by atoms with Crippen molar-refractivity contribution in [3.63, 3.8) is 0 Å². The van der Waals surface area contributed by atoms with E-state index in [1.54, 1.807) is 0 Å². The van der Waals surface area contributed by atoms with E-state index in [0.29, 0.717) is 6.16 Å². The number of hydrogen-bond donors (Lipinski definition) is 1. The number of para-hydroxylation sites is 1. The van der Waals surface area contributed by atoms with Crippen molar-refractivity contribution < 1.29 is 4.79 Å². The van der Waals surface area contributed by atoms with Gasteiger partial charge < -0.3 is 0 Å². The van der Waals surface area contributed by atoms with E-state index in [2.05, 4.69) is 41.6 Å². The third-order valence-electron chi connectivity index (χ3n) is 4.66. The summed E-state index contributed by atoms with van der Waals surface area (Å²) >= 11 is 4.01. The van der Waals surface area contributed by atoms with Crippen LogP contribution in [0.4, 0.5) is 5.69 Å². The molecule has 1 N–H and O–H groups in total. The van der Waals surface area contributed by atoms with Crippen LogP contribution in [0.5, 0.6) is 0 Å². The van der Waals surface area contributed by atoms with Gasteiger partial charge in [-0.15, -0.1) is 0 Å². The van der Waals surface area contributed by atoms with Crippen LogP contribution in [0.3, 0.4) is 0 Å². The first kappa shape index (κ1) is 17.7. The first-order valence-corrected chi connectivity index (χ1v) is 12.4. The van der Waals surface area contributed by atoms with Gasteiger partial charge in [-0.2, -0.15) is 0 Å². The molecule has 0 spiro atoms. The Morgan fingerprint density at radius 3 is 1.95 bits per heavy atom. The molecule has 0 aliphatic heterocycles. The average Bonchev–Trinajstić information content (AvgIpc) is 2.43. The zero-order valence-corrected chi connectivity index (χ0v) is 15.8. The fourth-order valence-electron chi connectivity index (χ4n) is 2.56. The molecule has 0 saturated heterocycles. The summed E-state index contributed by atoms with van der Waals surface area (Å²) < 4.78 is 0. The molecule has 114 valence electrons. The quantitative estimate of drug-likeness (QED) is 0.697. The molecular weight excluding hydrogens is 333 g/mol. The molecule has 0 heterocycles.